The minimum Gasteiger partial charge on any atom is -0.496 e. The topological polar surface area (TPSA) is 69.0 Å². The Hall–Kier alpha value is -2.28. The highest BCUT2D eigenvalue weighted by atomic mass is 79.9. The average Bonchev–Trinajstić information content (AvgIpc) is 3.23. The zero-order valence-corrected chi connectivity index (χ0v) is 15.3. The van der Waals surface area contributed by atoms with Gasteiger partial charge in [0.15, 0.2) is 0 Å². The lowest BCUT2D eigenvalue weighted by Gasteiger charge is -2.15. The summed E-state index contributed by atoms with van der Waals surface area (Å²) >= 11 is 3.40. The van der Waals surface area contributed by atoms with Crippen LogP contribution in [0.2, 0.25) is 0 Å². The van der Waals surface area contributed by atoms with E-state index in [0.717, 1.165) is 10.0 Å². The van der Waals surface area contributed by atoms with Crippen LogP contribution < -0.4 is 4.74 Å². The molecule has 1 saturated heterocycles. The van der Waals surface area contributed by atoms with Crippen LogP contribution in [0.15, 0.2) is 45.5 Å². The summed E-state index contributed by atoms with van der Waals surface area (Å²) < 4.78 is 16.6. The molecule has 1 aliphatic heterocycles. The molecule has 1 atom stereocenters. The maximum atomic E-state index is 12.3. The van der Waals surface area contributed by atoms with Gasteiger partial charge in [0.2, 0.25) is 5.91 Å². The van der Waals surface area contributed by atoms with Crippen LogP contribution in [0.3, 0.4) is 0 Å². The number of rotatable bonds is 6. The van der Waals surface area contributed by atoms with Gasteiger partial charge in [0, 0.05) is 13.0 Å². The number of esters is 1. The van der Waals surface area contributed by atoms with Crippen LogP contribution in [0, 0.1) is 5.92 Å². The maximum absolute atomic E-state index is 12.3. The molecule has 0 aliphatic carbocycles. The SMILES string of the molecule is COc1ccc(COC(=O)[C@@H]2CC(=O)N(Cc3ccco3)C2)cc1Br. The van der Waals surface area contributed by atoms with Gasteiger partial charge >= 0.3 is 5.97 Å². The van der Waals surface area contributed by atoms with Gasteiger partial charge in [0.05, 0.1) is 30.3 Å². The zero-order valence-electron chi connectivity index (χ0n) is 13.7. The molecule has 1 fully saturated rings. The number of halogens is 1. The Morgan fingerprint density at radius 3 is 2.92 bits per heavy atom. The maximum Gasteiger partial charge on any atom is 0.311 e. The highest BCUT2D eigenvalue weighted by molar-refractivity contribution is 9.10. The summed E-state index contributed by atoms with van der Waals surface area (Å²) in [5.41, 5.74) is 0.845. The van der Waals surface area contributed by atoms with Gasteiger partial charge in [-0.3, -0.25) is 9.59 Å². The Balaban J connectivity index is 1.53. The van der Waals surface area contributed by atoms with Crippen LogP contribution in [0.1, 0.15) is 17.7 Å². The molecule has 0 radical (unpaired) electrons. The lowest BCUT2D eigenvalue weighted by Crippen LogP contribution is -2.26. The first-order chi connectivity index (χ1) is 12.1. The van der Waals surface area contributed by atoms with Crippen molar-refractivity contribution in [3.05, 3.63) is 52.4 Å². The van der Waals surface area contributed by atoms with Crippen molar-refractivity contribution in [1.82, 2.24) is 4.90 Å². The normalized spacial score (nSPS) is 17.0. The molecular weight excluding hydrogens is 390 g/mol. The third kappa shape index (κ3) is 4.22. The molecule has 0 bridgehead atoms. The number of ether oxygens (including phenoxy) is 2. The van der Waals surface area contributed by atoms with Gasteiger partial charge in [0.25, 0.3) is 0 Å². The highest BCUT2D eigenvalue weighted by Crippen LogP contribution is 2.26. The molecule has 0 saturated carbocycles. The number of amides is 1. The standard InChI is InChI=1S/C18H18BrNO5/c1-23-16-5-4-12(7-15(16)19)11-25-18(22)13-8-17(21)20(9-13)10-14-3-2-6-24-14/h2-7,13H,8-11H2,1H3/t13-/m1/s1. The van der Waals surface area contributed by atoms with E-state index in [1.165, 1.54) is 0 Å². The molecule has 25 heavy (non-hydrogen) atoms. The van der Waals surface area contributed by atoms with Gasteiger partial charge in [-0.05, 0) is 45.8 Å². The number of hydrogen-bond acceptors (Lipinski definition) is 5. The second-order valence-corrected chi connectivity index (χ2v) is 6.69. The number of likely N-dealkylation sites (tertiary alicyclic amines) is 1. The number of furan rings is 1. The monoisotopic (exact) mass is 407 g/mol. The number of methoxy groups -OCH3 is 1. The van der Waals surface area contributed by atoms with E-state index < -0.39 is 5.92 Å². The van der Waals surface area contributed by atoms with Crippen LogP contribution >= 0.6 is 15.9 Å². The number of carbonyl (C=O) groups excluding carboxylic acids is 2. The van der Waals surface area contributed by atoms with E-state index in [1.54, 1.807) is 36.5 Å². The van der Waals surface area contributed by atoms with E-state index in [-0.39, 0.29) is 24.9 Å². The van der Waals surface area contributed by atoms with Crippen molar-refractivity contribution < 1.29 is 23.5 Å². The fourth-order valence-corrected chi connectivity index (χ4v) is 3.33. The van der Waals surface area contributed by atoms with Crippen molar-refractivity contribution in [3.63, 3.8) is 0 Å². The number of nitrogens with zero attached hydrogens (tertiary/aromatic N) is 1. The Morgan fingerprint density at radius 2 is 2.24 bits per heavy atom. The number of benzene rings is 1. The molecule has 1 aromatic heterocycles. The first-order valence-electron chi connectivity index (χ1n) is 7.86. The minimum atomic E-state index is -0.441. The molecule has 6 nitrogen and oxygen atoms in total. The van der Waals surface area contributed by atoms with Crippen molar-refractivity contribution in [3.8, 4) is 5.75 Å². The molecule has 1 amide bonds. The van der Waals surface area contributed by atoms with Crippen molar-refractivity contribution in [1.29, 1.82) is 0 Å². The second kappa shape index (κ2) is 7.74. The predicted molar refractivity (Wildman–Crippen MR) is 92.7 cm³/mol. The predicted octanol–water partition coefficient (Wildman–Crippen LogP) is 3.14. The van der Waals surface area contributed by atoms with Crippen molar-refractivity contribution in [2.75, 3.05) is 13.7 Å². The molecule has 0 N–H and O–H groups in total. The Bertz CT molecular complexity index is 759. The molecule has 1 aromatic carbocycles. The van der Waals surface area contributed by atoms with Gasteiger partial charge in [-0.15, -0.1) is 0 Å². The fraction of sp³-hybridized carbons (Fsp3) is 0.333. The lowest BCUT2D eigenvalue weighted by molar-refractivity contribution is -0.149. The fourth-order valence-electron chi connectivity index (χ4n) is 2.75. The van der Waals surface area contributed by atoms with Crippen LogP contribution in [0.5, 0.6) is 5.75 Å². The van der Waals surface area contributed by atoms with Crippen LogP contribution in [-0.4, -0.2) is 30.4 Å². The lowest BCUT2D eigenvalue weighted by atomic mass is 10.1. The minimum absolute atomic E-state index is 0.0643. The highest BCUT2D eigenvalue weighted by Gasteiger charge is 2.35. The van der Waals surface area contributed by atoms with Gasteiger partial charge in [-0.2, -0.15) is 0 Å². The average molecular weight is 408 g/mol. The summed E-state index contributed by atoms with van der Waals surface area (Å²) in [6, 6.07) is 9.06. The van der Waals surface area contributed by atoms with Crippen LogP contribution in [-0.2, 0) is 27.5 Å². The molecule has 0 spiro atoms. The van der Waals surface area contributed by atoms with Crippen molar-refractivity contribution in [2.24, 2.45) is 5.92 Å². The second-order valence-electron chi connectivity index (χ2n) is 5.83. The van der Waals surface area contributed by atoms with Gasteiger partial charge in [0.1, 0.15) is 18.1 Å². The van der Waals surface area contributed by atoms with Gasteiger partial charge < -0.3 is 18.8 Å². The van der Waals surface area contributed by atoms with Crippen LogP contribution in [0.25, 0.3) is 0 Å². The quantitative estimate of drug-likeness (QED) is 0.687. The third-order valence-electron chi connectivity index (χ3n) is 4.07. The molecule has 1 aliphatic rings. The summed E-state index contributed by atoms with van der Waals surface area (Å²) in [6.07, 6.45) is 1.74. The Kier molecular flexibility index (Phi) is 5.43. The van der Waals surface area contributed by atoms with E-state index in [0.29, 0.717) is 24.6 Å². The molecule has 2 aromatic rings. The van der Waals surface area contributed by atoms with E-state index in [1.807, 2.05) is 12.1 Å². The first kappa shape index (κ1) is 17.5. The van der Waals surface area contributed by atoms with Crippen LogP contribution in [0.4, 0.5) is 0 Å². The molecule has 2 heterocycles. The Morgan fingerprint density at radius 1 is 1.40 bits per heavy atom. The number of hydrogen-bond donors (Lipinski definition) is 0. The van der Waals surface area contributed by atoms with Gasteiger partial charge in [-0.25, -0.2) is 0 Å². The van der Waals surface area contributed by atoms with Crippen molar-refractivity contribution in [2.45, 2.75) is 19.6 Å². The van der Waals surface area contributed by atoms with E-state index in [9.17, 15) is 9.59 Å². The first-order valence-corrected chi connectivity index (χ1v) is 8.65. The van der Waals surface area contributed by atoms with Crippen molar-refractivity contribution >= 4 is 27.8 Å². The number of carbonyl (C=O) groups is 2. The molecule has 132 valence electrons. The van der Waals surface area contributed by atoms with E-state index in [2.05, 4.69) is 15.9 Å². The summed E-state index contributed by atoms with van der Waals surface area (Å²) in [7, 11) is 1.59. The summed E-state index contributed by atoms with van der Waals surface area (Å²) in [4.78, 5) is 25.9. The molecule has 7 heteroatoms. The summed E-state index contributed by atoms with van der Waals surface area (Å²) in [5.74, 6) is 0.549. The summed E-state index contributed by atoms with van der Waals surface area (Å²) in [6.45, 7) is 0.885. The summed E-state index contributed by atoms with van der Waals surface area (Å²) in [5, 5.41) is 0. The molecular formula is C18H18BrNO5. The van der Waals surface area contributed by atoms with Gasteiger partial charge in [-0.1, -0.05) is 6.07 Å². The van der Waals surface area contributed by atoms with E-state index in [4.69, 9.17) is 13.9 Å². The Labute approximate surface area is 153 Å². The third-order valence-corrected chi connectivity index (χ3v) is 4.69. The largest absolute Gasteiger partial charge is 0.496 e. The smallest absolute Gasteiger partial charge is 0.311 e. The molecule has 0 unspecified atom stereocenters. The molecule has 3 rings (SSSR count). The zero-order chi connectivity index (χ0) is 17.8. The van der Waals surface area contributed by atoms with E-state index >= 15 is 0 Å².